The van der Waals surface area contributed by atoms with E-state index in [9.17, 15) is 9.59 Å². The van der Waals surface area contributed by atoms with E-state index in [1.165, 1.54) is 7.11 Å². The summed E-state index contributed by atoms with van der Waals surface area (Å²) < 4.78 is 21.2. The van der Waals surface area contributed by atoms with E-state index in [-0.39, 0.29) is 18.1 Å². The predicted molar refractivity (Wildman–Crippen MR) is 104 cm³/mol. The Kier molecular flexibility index (Phi) is 5.40. The van der Waals surface area contributed by atoms with Crippen LogP contribution in [0.15, 0.2) is 42.5 Å². The normalized spacial score (nSPS) is 16.9. The Hall–Kier alpha value is -3.06. The van der Waals surface area contributed by atoms with Crippen LogP contribution in [-0.4, -0.2) is 45.5 Å². The summed E-state index contributed by atoms with van der Waals surface area (Å²) in [6.45, 7) is 1.93. The first-order valence-corrected chi connectivity index (χ1v) is 9.56. The molecule has 0 atom stereocenters. The zero-order chi connectivity index (χ0) is 20.3. The summed E-state index contributed by atoms with van der Waals surface area (Å²) in [5.74, 6) is 0.758. The smallest absolute Gasteiger partial charge is 0.337 e. The summed E-state index contributed by atoms with van der Waals surface area (Å²) in [4.78, 5) is 24.5. The SMILES string of the molecule is COC(=O)c1cccc(C(=O)NCC2(c3ccc4c(c3)OCO4)CCOCC2)c1. The van der Waals surface area contributed by atoms with E-state index < -0.39 is 5.97 Å². The van der Waals surface area contributed by atoms with Crippen LogP contribution < -0.4 is 14.8 Å². The summed E-state index contributed by atoms with van der Waals surface area (Å²) in [5, 5.41) is 3.04. The van der Waals surface area contributed by atoms with Gasteiger partial charge in [0.15, 0.2) is 11.5 Å². The van der Waals surface area contributed by atoms with Crippen molar-refractivity contribution in [3.8, 4) is 11.5 Å². The fourth-order valence-electron chi connectivity index (χ4n) is 3.81. The van der Waals surface area contributed by atoms with Crippen molar-refractivity contribution in [2.75, 3.05) is 33.7 Å². The second kappa shape index (κ2) is 8.13. The molecule has 29 heavy (non-hydrogen) atoms. The van der Waals surface area contributed by atoms with Gasteiger partial charge in [0.2, 0.25) is 6.79 Å². The lowest BCUT2D eigenvalue weighted by molar-refractivity contribution is 0.0486. The van der Waals surface area contributed by atoms with Gasteiger partial charge in [-0.3, -0.25) is 4.79 Å². The maximum atomic E-state index is 12.8. The van der Waals surface area contributed by atoms with Crippen molar-refractivity contribution in [2.24, 2.45) is 0 Å². The molecule has 2 aliphatic rings. The third-order valence-electron chi connectivity index (χ3n) is 5.57. The highest BCUT2D eigenvalue weighted by molar-refractivity contribution is 5.97. The van der Waals surface area contributed by atoms with Gasteiger partial charge >= 0.3 is 5.97 Å². The molecule has 7 nitrogen and oxygen atoms in total. The Morgan fingerprint density at radius 2 is 1.79 bits per heavy atom. The zero-order valence-corrected chi connectivity index (χ0v) is 16.2. The topological polar surface area (TPSA) is 83.1 Å². The minimum atomic E-state index is -0.471. The van der Waals surface area contributed by atoms with Crippen molar-refractivity contribution in [2.45, 2.75) is 18.3 Å². The fraction of sp³-hybridized carbons (Fsp3) is 0.364. The Bertz CT molecular complexity index is 919. The van der Waals surface area contributed by atoms with Gasteiger partial charge in [0.1, 0.15) is 0 Å². The number of esters is 1. The standard InChI is InChI=1S/C22H23NO6/c1-26-21(25)16-4-2-3-15(11-16)20(24)23-13-22(7-9-27-10-8-22)17-5-6-18-19(12-17)29-14-28-18/h2-6,11-12H,7-10,13-14H2,1H3,(H,23,24). The fourth-order valence-corrected chi connectivity index (χ4v) is 3.81. The van der Waals surface area contributed by atoms with E-state index in [0.29, 0.717) is 30.9 Å². The van der Waals surface area contributed by atoms with Crippen LogP contribution in [0.25, 0.3) is 0 Å². The molecule has 0 spiro atoms. The Balaban J connectivity index is 1.53. The number of nitrogens with one attached hydrogen (secondary N) is 1. The summed E-state index contributed by atoms with van der Waals surface area (Å²) in [5.41, 5.74) is 1.60. The molecule has 0 bridgehead atoms. The summed E-state index contributed by atoms with van der Waals surface area (Å²) in [6.07, 6.45) is 1.57. The van der Waals surface area contributed by atoms with Gasteiger partial charge in [-0.2, -0.15) is 0 Å². The number of fused-ring (bicyclic) bond motifs is 1. The molecule has 7 heteroatoms. The van der Waals surface area contributed by atoms with Gasteiger partial charge in [-0.15, -0.1) is 0 Å². The van der Waals surface area contributed by atoms with E-state index in [0.717, 1.165) is 29.9 Å². The molecule has 0 radical (unpaired) electrons. The summed E-state index contributed by atoms with van der Waals surface area (Å²) in [6, 6.07) is 12.5. The first kappa shape index (κ1) is 19.3. The van der Waals surface area contributed by atoms with Crippen molar-refractivity contribution in [3.05, 3.63) is 59.2 Å². The van der Waals surface area contributed by atoms with E-state index in [2.05, 4.69) is 5.32 Å². The van der Waals surface area contributed by atoms with Crippen LogP contribution in [0.3, 0.4) is 0 Å². The highest BCUT2D eigenvalue weighted by Crippen LogP contribution is 2.40. The lowest BCUT2D eigenvalue weighted by Gasteiger charge is -2.38. The minimum Gasteiger partial charge on any atom is -0.465 e. The van der Waals surface area contributed by atoms with Crippen molar-refractivity contribution in [3.63, 3.8) is 0 Å². The molecule has 152 valence electrons. The van der Waals surface area contributed by atoms with E-state index in [1.807, 2.05) is 18.2 Å². The molecule has 1 fully saturated rings. The van der Waals surface area contributed by atoms with Crippen LogP contribution in [0.1, 0.15) is 39.1 Å². The molecular weight excluding hydrogens is 374 g/mol. The molecule has 0 saturated carbocycles. The summed E-state index contributed by atoms with van der Waals surface area (Å²) >= 11 is 0. The number of rotatable bonds is 5. The summed E-state index contributed by atoms with van der Waals surface area (Å²) in [7, 11) is 1.31. The van der Waals surface area contributed by atoms with Crippen molar-refractivity contribution >= 4 is 11.9 Å². The second-order valence-electron chi connectivity index (χ2n) is 7.22. The minimum absolute atomic E-state index is 0.224. The van der Waals surface area contributed by atoms with Crippen molar-refractivity contribution < 1.29 is 28.5 Å². The predicted octanol–water partition coefficient (Wildman–Crippen LogP) is 2.68. The molecule has 2 aromatic carbocycles. The maximum Gasteiger partial charge on any atom is 0.337 e. The van der Waals surface area contributed by atoms with E-state index in [4.69, 9.17) is 18.9 Å². The van der Waals surface area contributed by atoms with Gasteiger partial charge in [-0.05, 0) is 48.7 Å². The number of ether oxygens (including phenoxy) is 4. The van der Waals surface area contributed by atoms with Gasteiger partial charge in [-0.1, -0.05) is 12.1 Å². The monoisotopic (exact) mass is 397 g/mol. The molecule has 1 amide bonds. The largest absolute Gasteiger partial charge is 0.465 e. The Labute approximate surface area is 168 Å². The zero-order valence-electron chi connectivity index (χ0n) is 16.2. The number of carbonyl (C=O) groups excluding carboxylic acids is 2. The molecule has 0 unspecified atom stereocenters. The number of hydrogen-bond acceptors (Lipinski definition) is 6. The third-order valence-corrected chi connectivity index (χ3v) is 5.57. The number of methoxy groups -OCH3 is 1. The van der Waals surface area contributed by atoms with E-state index >= 15 is 0 Å². The first-order chi connectivity index (χ1) is 14.1. The molecule has 2 aromatic rings. The lowest BCUT2D eigenvalue weighted by Crippen LogP contribution is -2.44. The van der Waals surface area contributed by atoms with Gasteiger partial charge in [0.05, 0.1) is 12.7 Å². The molecule has 0 aromatic heterocycles. The average Bonchev–Trinajstić information content (AvgIpc) is 3.25. The van der Waals surface area contributed by atoms with Crippen molar-refractivity contribution in [1.82, 2.24) is 5.32 Å². The molecule has 1 N–H and O–H groups in total. The van der Waals surface area contributed by atoms with Crippen LogP contribution in [-0.2, 0) is 14.9 Å². The van der Waals surface area contributed by atoms with Crippen LogP contribution in [0.4, 0.5) is 0 Å². The van der Waals surface area contributed by atoms with Gasteiger partial charge in [0.25, 0.3) is 5.91 Å². The van der Waals surface area contributed by atoms with Gasteiger partial charge < -0.3 is 24.3 Å². The van der Waals surface area contributed by atoms with Crippen LogP contribution >= 0.6 is 0 Å². The van der Waals surface area contributed by atoms with Crippen LogP contribution in [0.5, 0.6) is 11.5 Å². The third kappa shape index (κ3) is 3.91. The number of benzene rings is 2. The number of hydrogen-bond donors (Lipinski definition) is 1. The Morgan fingerprint density at radius 3 is 2.59 bits per heavy atom. The highest BCUT2D eigenvalue weighted by atomic mass is 16.7. The van der Waals surface area contributed by atoms with Gasteiger partial charge in [0, 0.05) is 30.7 Å². The Morgan fingerprint density at radius 1 is 1.03 bits per heavy atom. The lowest BCUT2D eigenvalue weighted by atomic mass is 9.74. The van der Waals surface area contributed by atoms with Crippen LogP contribution in [0, 0.1) is 0 Å². The number of amides is 1. The van der Waals surface area contributed by atoms with Crippen molar-refractivity contribution in [1.29, 1.82) is 0 Å². The molecule has 4 rings (SSSR count). The van der Waals surface area contributed by atoms with Gasteiger partial charge in [-0.25, -0.2) is 4.79 Å². The average molecular weight is 397 g/mol. The second-order valence-corrected chi connectivity index (χ2v) is 7.22. The van der Waals surface area contributed by atoms with E-state index in [1.54, 1.807) is 24.3 Å². The first-order valence-electron chi connectivity index (χ1n) is 9.56. The molecular formula is C22H23NO6. The van der Waals surface area contributed by atoms with Crippen LogP contribution in [0.2, 0.25) is 0 Å². The molecule has 2 aliphatic heterocycles. The molecule has 0 aliphatic carbocycles. The molecule has 1 saturated heterocycles. The quantitative estimate of drug-likeness (QED) is 0.781. The maximum absolute atomic E-state index is 12.8. The number of carbonyl (C=O) groups is 2. The highest BCUT2D eigenvalue weighted by Gasteiger charge is 2.36. The molecule has 2 heterocycles.